The Kier molecular flexibility index (Phi) is 8.59. The van der Waals surface area contributed by atoms with Crippen molar-refractivity contribution in [3.63, 3.8) is 0 Å². The highest BCUT2D eigenvalue weighted by Crippen LogP contribution is 2.21. The van der Waals surface area contributed by atoms with Gasteiger partial charge < -0.3 is 10.2 Å². The Balaban J connectivity index is 2.00. The summed E-state index contributed by atoms with van der Waals surface area (Å²) in [5.41, 5.74) is 1.65. The lowest BCUT2D eigenvalue weighted by molar-refractivity contribution is -0.139. The number of hydrogen-bond acceptors (Lipinski definition) is 4. The van der Waals surface area contributed by atoms with Gasteiger partial charge in [0.05, 0.1) is 11.9 Å². The Morgan fingerprint density at radius 3 is 2.06 bits per heavy atom. The van der Waals surface area contributed by atoms with E-state index in [1.807, 2.05) is 60.7 Å². The number of anilines is 1. The summed E-state index contributed by atoms with van der Waals surface area (Å²) >= 11 is 0. The molecule has 3 aromatic carbocycles. The molecule has 3 aromatic rings. The van der Waals surface area contributed by atoms with Crippen molar-refractivity contribution in [1.29, 1.82) is 0 Å². The summed E-state index contributed by atoms with van der Waals surface area (Å²) < 4.78 is 39.8. The summed E-state index contributed by atoms with van der Waals surface area (Å²) in [5.74, 6) is -1.60. The van der Waals surface area contributed by atoms with Crippen LogP contribution in [-0.2, 0) is 32.6 Å². The van der Waals surface area contributed by atoms with E-state index in [4.69, 9.17) is 0 Å². The molecule has 0 unspecified atom stereocenters. The van der Waals surface area contributed by atoms with Gasteiger partial charge in [-0.1, -0.05) is 66.7 Å². The molecule has 0 spiro atoms. The van der Waals surface area contributed by atoms with Gasteiger partial charge in [0.15, 0.2) is 0 Å². The first kappa shape index (κ1) is 25.9. The second-order valence-electron chi connectivity index (χ2n) is 8.08. The fraction of sp³-hybridized carbons (Fsp3) is 0.231. The molecule has 1 atom stereocenters. The van der Waals surface area contributed by atoms with Crippen LogP contribution >= 0.6 is 0 Å². The maximum absolute atomic E-state index is 13.9. The highest BCUT2D eigenvalue weighted by Gasteiger charge is 2.32. The number of benzene rings is 3. The summed E-state index contributed by atoms with van der Waals surface area (Å²) in [6.45, 7) is -0.497. The van der Waals surface area contributed by atoms with Gasteiger partial charge in [-0.25, -0.2) is 12.8 Å². The minimum absolute atomic E-state index is 0.0278. The number of nitrogens with zero attached hydrogens (tertiary/aromatic N) is 2. The van der Waals surface area contributed by atoms with Crippen molar-refractivity contribution in [2.24, 2.45) is 0 Å². The predicted molar refractivity (Wildman–Crippen MR) is 134 cm³/mol. The van der Waals surface area contributed by atoms with Gasteiger partial charge in [0.25, 0.3) is 0 Å². The van der Waals surface area contributed by atoms with Gasteiger partial charge in [-0.05, 0) is 29.3 Å². The molecule has 1 N–H and O–H groups in total. The average molecular weight is 498 g/mol. The molecule has 35 heavy (non-hydrogen) atoms. The monoisotopic (exact) mass is 497 g/mol. The molecule has 0 saturated carbocycles. The third kappa shape index (κ3) is 7.13. The molecule has 0 aromatic heterocycles. The molecule has 0 saturated heterocycles. The summed E-state index contributed by atoms with van der Waals surface area (Å²) in [7, 11) is -2.44. The Bertz CT molecular complexity index is 1250. The molecule has 184 valence electrons. The van der Waals surface area contributed by atoms with E-state index in [-0.39, 0.29) is 24.6 Å². The number of carbonyl (C=O) groups is 2. The zero-order valence-electron chi connectivity index (χ0n) is 19.6. The number of hydrogen-bond donors (Lipinski definition) is 1. The molecule has 7 nitrogen and oxygen atoms in total. The van der Waals surface area contributed by atoms with Gasteiger partial charge in [-0.15, -0.1) is 0 Å². The number of sulfonamides is 1. The quantitative estimate of drug-likeness (QED) is 0.467. The normalized spacial score (nSPS) is 12.0. The maximum Gasteiger partial charge on any atom is 0.244 e. The lowest BCUT2D eigenvalue weighted by Gasteiger charge is -2.33. The molecule has 3 rings (SSSR count). The smallest absolute Gasteiger partial charge is 0.244 e. The van der Waals surface area contributed by atoms with E-state index in [1.165, 1.54) is 30.1 Å². The van der Waals surface area contributed by atoms with E-state index < -0.39 is 34.3 Å². The molecule has 0 bridgehead atoms. The van der Waals surface area contributed by atoms with E-state index in [1.54, 1.807) is 0 Å². The summed E-state index contributed by atoms with van der Waals surface area (Å²) in [5, 5.41) is 2.61. The van der Waals surface area contributed by atoms with Crippen LogP contribution in [-0.4, -0.2) is 51.0 Å². The highest BCUT2D eigenvalue weighted by molar-refractivity contribution is 7.92. The van der Waals surface area contributed by atoms with Gasteiger partial charge in [0, 0.05) is 20.0 Å². The lowest BCUT2D eigenvalue weighted by Crippen LogP contribution is -2.52. The Morgan fingerprint density at radius 1 is 0.914 bits per heavy atom. The zero-order valence-corrected chi connectivity index (χ0v) is 20.4. The van der Waals surface area contributed by atoms with Crippen LogP contribution in [0, 0.1) is 5.82 Å². The van der Waals surface area contributed by atoms with Crippen LogP contribution < -0.4 is 9.62 Å². The second kappa shape index (κ2) is 11.6. The maximum atomic E-state index is 13.9. The molecular formula is C26H28FN3O4S. The van der Waals surface area contributed by atoms with Crippen molar-refractivity contribution >= 4 is 27.5 Å². The Morgan fingerprint density at radius 2 is 1.51 bits per heavy atom. The molecule has 0 radical (unpaired) electrons. The first-order chi connectivity index (χ1) is 16.7. The van der Waals surface area contributed by atoms with Gasteiger partial charge in [0.1, 0.15) is 18.4 Å². The number of rotatable bonds is 10. The fourth-order valence-corrected chi connectivity index (χ4v) is 4.59. The van der Waals surface area contributed by atoms with Crippen molar-refractivity contribution in [2.45, 2.75) is 19.0 Å². The predicted octanol–water partition coefficient (Wildman–Crippen LogP) is 2.98. The van der Waals surface area contributed by atoms with E-state index >= 15 is 0 Å². The minimum Gasteiger partial charge on any atom is -0.357 e. The highest BCUT2D eigenvalue weighted by atomic mass is 32.2. The van der Waals surface area contributed by atoms with Crippen LogP contribution in [0.5, 0.6) is 0 Å². The van der Waals surface area contributed by atoms with Gasteiger partial charge >= 0.3 is 0 Å². The minimum atomic E-state index is -3.93. The number of likely N-dealkylation sites (N-methyl/N-ethyl adjacent to an activating group) is 1. The lowest BCUT2D eigenvalue weighted by atomic mass is 10.0. The van der Waals surface area contributed by atoms with Gasteiger partial charge in [0.2, 0.25) is 21.8 Å². The molecular weight excluding hydrogens is 469 g/mol. The summed E-state index contributed by atoms with van der Waals surface area (Å²) in [4.78, 5) is 28.0. The Hall–Kier alpha value is -3.72. The fourth-order valence-electron chi connectivity index (χ4n) is 3.75. The first-order valence-electron chi connectivity index (χ1n) is 11.0. The number of carbonyl (C=O) groups excluding carboxylic acids is 2. The standard InChI is InChI=1S/C26H28FN3O4S/c1-28-26(32)24(16-20-10-5-3-6-11-20)29(18-21-12-7-4-8-13-21)25(31)19-30(35(2,33)34)23-15-9-14-22(27)17-23/h3-15,17,24H,16,18-19H2,1-2H3,(H,28,32)/t24-/m0/s1. The first-order valence-corrected chi connectivity index (χ1v) is 12.9. The topological polar surface area (TPSA) is 86.8 Å². The SMILES string of the molecule is CNC(=O)[C@H](Cc1ccccc1)N(Cc1ccccc1)C(=O)CN(c1cccc(F)c1)S(C)(=O)=O. The molecule has 2 amide bonds. The van der Waals surface area contributed by atoms with Crippen LogP contribution in [0.25, 0.3) is 0 Å². The molecule has 0 aliphatic heterocycles. The van der Waals surface area contributed by atoms with Crippen molar-refractivity contribution in [2.75, 3.05) is 24.2 Å². The van der Waals surface area contributed by atoms with Crippen LogP contribution in [0.1, 0.15) is 11.1 Å². The third-order valence-electron chi connectivity index (χ3n) is 5.49. The molecule has 0 aliphatic rings. The van der Waals surface area contributed by atoms with Crippen LogP contribution in [0.3, 0.4) is 0 Å². The van der Waals surface area contributed by atoms with Crippen LogP contribution in [0.2, 0.25) is 0 Å². The van der Waals surface area contributed by atoms with Crippen molar-refractivity contribution in [3.8, 4) is 0 Å². The Labute approximate surface area is 205 Å². The average Bonchev–Trinajstić information content (AvgIpc) is 2.84. The summed E-state index contributed by atoms with van der Waals surface area (Å²) in [6.07, 6.45) is 1.19. The van der Waals surface area contributed by atoms with Gasteiger partial charge in [-0.3, -0.25) is 13.9 Å². The van der Waals surface area contributed by atoms with Crippen LogP contribution in [0.15, 0.2) is 84.9 Å². The second-order valence-corrected chi connectivity index (χ2v) is 9.98. The number of halogens is 1. The van der Waals surface area contributed by atoms with E-state index in [0.717, 1.165) is 27.8 Å². The van der Waals surface area contributed by atoms with Crippen molar-refractivity contribution in [1.82, 2.24) is 10.2 Å². The van der Waals surface area contributed by atoms with Crippen LogP contribution in [0.4, 0.5) is 10.1 Å². The van der Waals surface area contributed by atoms with E-state index in [9.17, 15) is 22.4 Å². The zero-order chi connectivity index (χ0) is 25.4. The van der Waals surface area contributed by atoms with E-state index in [2.05, 4.69) is 5.32 Å². The number of nitrogens with one attached hydrogen (secondary N) is 1. The largest absolute Gasteiger partial charge is 0.357 e. The van der Waals surface area contributed by atoms with Gasteiger partial charge in [-0.2, -0.15) is 0 Å². The molecule has 0 heterocycles. The van der Waals surface area contributed by atoms with Crippen molar-refractivity contribution in [3.05, 3.63) is 102 Å². The van der Waals surface area contributed by atoms with E-state index in [0.29, 0.717) is 0 Å². The molecule has 0 aliphatic carbocycles. The number of amides is 2. The van der Waals surface area contributed by atoms with Crippen molar-refractivity contribution < 1.29 is 22.4 Å². The molecule has 9 heteroatoms. The third-order valence-corrected chi connectivity index (χ3v) is 6.63. The summed E-state index contributed by atoms with van der Waals surface area (Å²) in [6, 6.07) is 22.5. The molecule has 0 fully saturated rings.